The van der Waals surface area contributed by atoms with Crippen molar-refractivity contribution >= 4 is 29.0 Å². The Morgan fingerprint density at radius 1 is 1.40 bits per heavy atom. The molecule has 0 unspecified atom stereocenters. The highest BCUT2D eigenvalue weighted by atomic mass is 16.6. The van der Waals surface area contributed by atoms with E-state index in [2.05, 4.69) is 54.2 Å². The van der Waals surface area contributed by atoms with Crippen LogP contribution in [0.25, 0.3) is 5.57 Å². The van der Waals surface area contributed by atoms with Gasteiger partial charge < -0.3 is 9.64 Å². The Kier molecular flexibility index (Phi) is 6.05. The van der Waals surface area contributed by atoms with Crippen molar-refractivity contribution in [3.63, 3.8) is 0 Å². The van der Waals surface area contributed by atoms with Gasteiger partial charge in [0, 0.05) is 41.7 Å². The molecule has 0 spiro atoms. The van der Waals surface area contributed by atoms with Gasteiger partial charge in [0.1, 0.15) is 5.75 Å². The van der Waals surface area contributed by atoms with Crippen LogP contribution in [0.4, 0.5) is 17.2 Å². The highest BCUT2D eigenvalue weighted by Crippen LogP contribution is 2.41. The molecule has 0 radical (unpaired) electrons. The van der Waals surface area contributed by atoms with Crippen LogP contribution in [0.5, 0.6) is 5.75 Å². The third-order valence-corrected chi connectivity index (χ3v) is 5.13. The summed E-state index contributed by atoms with van der Waals surface area (Å²) in [7, 11) is 1.62. The largest absolute Gasteiger partial charge is 0.496 e. The van der Waals surface area contributed by atoms with Gasteiger partial charge in [0.25, 0.3) is 0 Å². The second-order valence-electron chi connectivity index (χ2n) is 7.74. The minimum atomic E-state index is -0.497. The number of aromatic nitrogens is 1. The molecular formula is C22H27N5O3. The van der Waals surface area contributed by atoms with E-state index >= 15 is 0 Å². The lowest BCUT2D eigenvalue weighted by Gasteiger charge is -2.43. The molecule has 8 nitrogen and oxygen atoms in total. The van der Waals surface area contributed by atoms with Crippen LogP contribution in [0.15, 0.2) is 41.6 Å². The average molecular weight is 409 g/mol. The first-order valence-electron chi connectivity index (χ1n) is 9.86. The van der Waals surface area contributed by atoms with E-state index in [1.165, 1.54) is 23.9 Å². The van der Waals surface area contributed by atoms with E-state index in [1.807, 2.05) is 12.1 Å². The van der Waals surface area contributed by atoms with Gasteiger partial charge in [-0.15, -0.1) is 0 Å². The lowest BCUT2D eigenvalue weighted by molar-refractivity contribution is -0.384. The summed E-state index contributed by atoms with van der Waals surface area (Å²) in [5.41, 5.74) is 6.64. The molecule has 1 aliphatic rings. The Morgan fingerprint density at radius 3 is 2.83 bits per heavy atom. The molecule has 8 heteroatoms. The van der Waals surface area contributed by atoms with E-state index < -0.39 is 4.92 Å². The zero-order valence-corrected chi connectivity index (χ0v) is 18.0. The fourth-order valence-electron chi connectivity index (χ4n) is 3.82. The van der Waals surface area contributed by atoms with Crippen molar-refractivity contribution in [2.75, 3.05) is 24.0 Å². The zero-order chi connectivity index (χ0) is 21.9. The smallest absolute Gasteiger partial charge is 0.313 e. The summed E-state index contributed by atoms with van der Waals surface area (Å²) in [6.07, 6.45) is 6.37. The Morgan fingerprint density at radius 2 is 2.17 bits per heavy atom. The van der Waals surface area contributed by atoms with Gasteiger partial charge in [-0.05, 0) is 44.9 Å². The molecule has 30 heavy (non-hydrogen) atoms. The van der Waals surface area contributed by atoms with E-state index in [9.17, 15) is 10.1 Å². The molecule has 0 bridgehead atoms. The number of fused-ring (bicyclic) bond motifs is 1. The third kappa shape index (κ3) is 4.12. The van der Waals surface area contributed by atoms with Crippen LogP contribution in [0, 0.1) is 10.1 Å². The van der Waals surface area contributed by atoms with E-state index in [-0.39, 0.29) is 17.0 Å². The van der Waals surface area contributed by atoms with Gasteiger partial charge in [-0.3, -0.25) is 15.5 Å². The van der Waals surface area contributed by atoms with Crippen molar-refractivity contribution in [1.29, 1.82) is 0 Å². The van der Waals surface area contributed by atoms with Gasteiger partial charge in [0.15, 0.2) is 0 Å². The number of nitrogens with one attached hydrogen (secondary N) is 1. The van der Waals surface area contributed by atoms with Crippen LogP contribution in [-0.2, 0) is 0 Å². The number of anilines is 2. The first-order chi connectivity index (χ1) is 14.3. The number of hydrogen-bond donors (Lipinski definition) is 1. The molecule has 1 aromatic carbocycles. The minimum absolute atomic E-state index is 0.0858. The van der Waals surface area contributed by atoms with Gasteiger partial charge in [-0.25, -0.2) is 4.98 Å². The number of hydrazone groups is 1. The van der Waals surface area contributed by atoms with Crippen molar-refractivity contribution in [3.05, 3.63) is 57.8 Å². The number of methoxy groups -OCH3 is 1. The molecule has 2 heterocycles. The number of benzene rings is 1. The molecular weight excluding hydrogens is 382 g/mol. The maximum atomic E-state index is 11.1. The number of hydrogen-bond acceptors (Lipinski definition) is 7. The summed E-state index contributed by atoms with van der Waals surface area (Å²) in [5, 5.41) is 15.3. The number of nitro groups is 1. The summed E-state index contributed by atoms with van der Waals surface area (Å²) in [5.74, 6) is 0.768. The molecule has 0 aliphatic carbocycles. The topological polar surface area (TPSA) is 92.9 Å². The van der Waals surface area contributed by atoms with E-state index in [0.717, 1.165) is 29.8 Å². The molecule has 2 aromatic rings. The molecule has 158 valence electrons. The molecule has 0 saturated heterocycles. The van der Waals surface area contributed by atoms with Crippen molar-refractivity contribution in [3.8, 4) is 5.75 Å². The highest BCUT2D eigenvalue weighted by molar-refractivity contribution is 5.91. The van der Waals surface area contributed by atoms with Crippen LogP contribution in [0.3, 0.4) is 0 Å². The summed E-state index contributed by atoms with van der Waals surface area (Å²) >= 11 is 0. The van der Waals surface area contributed by atoms with E-state index in [1.54, 1.807) is 13.3 Å². The standard InChI is InChI=1S/C22H27N5O3/c1-6-10-26-19-12-20(30-5)16(11-17(19)15(2)13-22(26,3)4)14-24-25-21-18(27(28)29)8-7-9-23-21/h7-9,11-14H,6,10H2,1-5H3,(H,23,25)/b24-14-. The fourth-order valence-corrected chi connectivity index (χ4v) is 3.82. The van der Waals surface area contributed by atoms with Crippen molar-refractivity contribution in [2.45, 2.75) is 39.7 Å². The summed E-state index contributed by atoms with van der Waals surface area (Å²) < 4.78 is 5.62. The molecule has 0 saturated carbocycles. The number of pyridine rings is 1. The summed E-state index contributed by atoms with van der Waals surface area (Å²) in [4.78, 5) is 17.0. The molecule has 3 rings (SSSR count). The second-order valence-corrected chi connectivity index (χ2v) is 7.74. The normalized spacial score (nSPS) is 15.0. The van der Waals surface area contributed by atoms with Crippen LogP contribution in [0.1, 0.15) is 45.2 Å². The van der Waals surface area contributed by atoms with Crippen LogP contribution >= 0.6 is 0 Å². The van der Waals surface area contributed by atoms with Crippen LogP contribution in [-0.4, -0.2) is 35.3 Å². The molecule has 1 N–H and O–H groups in total. The van der Waals surface area contributed by atoms with Gasteiger partial charge in [-0.1, -0.05) is 13.0 Å². The first kappa shape index (κ1) is 21.3. The average Bonchev–Trinajstić information content (AvgIpc) is 2.70. The Balaban J connectivity index is 1.97. The number of allylic oxidation sites excluding steroid dienone is 1. The Hall–Kier alpha value is -3.42. The van der Waals surface area contributed by atoms with Gasteiger partial charge in [0.05, 0.1) is 23.8 Å². The third-order valence-electron chi connectivity index (χ3n) is 5.13. The quantitative estimate of drug-likeness (QED) is 0.399. The SMILES string of the molecule is CCCN1c2cc(OC)c(/C=N\Nc3ncccc3[N+](=O)[O-])cc2C(C)=CC1(C)C. The van der Waals surface area contributed by atoms with Gasteiger partial charge in [0.2, 0.25) is 5.82 Å². The Labute approximate surface area is 176 Å². The lowest BCUT2D eigenvalue weighted by Crippen LogP contribution is -2.45. The summed E-state index contributed by atoms with van der Waals surface area (Å²) in [6, 6.07) is 6.96. The molecule has 0 atom stereocenters. The van der Waals surface area contributed by atoms with Crippen molar-refractivity contribution < 1.29 is 9.66 Å². The minimum Gasteiger partial charge on any atom is -0.496 e. The number of ether oxygens (including phenoxy) is 1. The van der Waals surface area contributed by atoms with Crippen LogP contribution in [0.2, 0.25) is 0 Å². The first-order valence-corrected chi connectivity index (χ1v) is 9.86. The molecule has 1 aromatic heterocycles. The van der Waals surface area contributed by atoms with Gasteiger partial charge in [-0.2, -0.15) is 5.10 Å². The van der Waals surface area contributed by atoms with Gasteiger partial charge >= 0.3 is 5.69 Å². The monoisotopic (exact) mass is 409 g/mol. The second kappa shape index (κ2) is 8.52. The molecule has 1 aliphatic heterocycles. The predicted molar refractivity (Wildman–Crippen MR) is 120 cm³/mol. The lowest BCUT2D eigenvalue weighted by atomic mass is 9.87. The maximum absolute atomic E-state index is 11.1. The van der Waals surface area contributed by atoms with Crippen molar-refractivity contribution in [1.82, 2.24) is 4.98 Å². The zero-order valence-electron chi connectivity index (χ0n) is 18.0. The van der Waals surface area contributed by atoms with Crippen molar-refractivity contribution in [2.24, 2.45) is 5.10 Å². The highest BCUT2D eigenvalue weighted by Gasteiger charge is 2.31. The van der Waals surface area contributed by atoms with Crippen LogP contribution < -0.4 is 15.1 Å². The molecule has 0 fully saturated rings. The van der Waals surface area contributed by atoms with E-state index in [0.29, 0.717) is 5.75 Å². The Bertz CT molecular complexity index is 1010. The maximum Gasteiger partial charge on any atom is 0.313 e. The summed E-state index contributed by atoms with van der Waals surface area (Å²) in [6.45, 7) is 9.63. The number of rotatable bonds is 7. The predicted octanol–water partition coefficient (Wildman–Crippen LogP) is 4.86. The number of nitrogens with zero attached hydrogens (tertiary/aromatic N) is 4. The molecule has 0 amide bonds. The van der Waals surface area contributed by atoms with E-state index in [4.69, 9.17) is 4.74 Å². The fraction of sp³-hybridized carbons (Fsp3) is 0.364.